The number of fused-ring (bicyclic) bond motifs is 2. The van der Waals surface area contributed by atoms with Gasteiger partial charge >= 0.3 is 6.18 Å². The van der Waals surface area contributed by atoms with Gasteiger partial charge in [-0.15, -0.1) is 0 Å². The van der Waals surface area contributed by atoms with Crippen LogP contribution in [-0.2, 0) is 0 Å². The van der Waals surface area contributed by atoms with Gasteiger partial charge in [-0.05, 0) is 55.2 Å². The number of nitrogens with zero attached hydrogens (tertiary/aromatic N) is 1. The second-order valence-electron chi connectivity index (χ2n) is 7.71. The maximum absolute atomic E-state index is 14.0. The molecule has 29 heavy (non-hydrogen) atoms. The Labute approximate surface area is 166 Å². The van der Waals surface area contributed by atoms with E-state index in [1.165, 1.54) is 18.2 Å². The number of aliphatic hydroxyl groups is 1. The monoisotopic (exact) mass is 402 g/mol. The number of nitrogens with one attached hydrogen (secondary N) is 1. The zero-order chi connectivity index (χ0) is 21.0. The summed E-state index contributed by atoms with van der Waals surface area (Å²) in [5.41, 5.74) is -0.456. The van der Waals surface area contributed by atoms with Crippen molar-refractivity contribution in [3.8, 4) is 5.75 Å². The molecule has 0 saturated heterocycles. The molecule has 4 nitrogen and oxygen atoms in total. The molecule has 4 rings (SSSR count). The normalized spacial score (nSPS) is 24.3. The van der Waals surface area contributed by atoms with Crippen molar-refractivity contribution in [1.82, 2.24) is 4.98 Å². The summed E-state index contributed by atoms with van der Waals surface area (Å²) in [6.45, 7) is 3.42. The number of hydrogen-bond acceptors (Lipinski definition) is 4. The Morgan fingerprint density at radius 2 is 1.83 bits per heavy atom. The summed E-state index contributed by atoms with van der Waals surface area (Å²) in [4.78, 5) is 4.42. The number of rotatable bonds is 2. The average molecular weight is 402 g/mol. The molecular weight excluding hydrogens is 381 g/mol. The van der Waals surface area contributed by atoms with Crippen LogP contribution in [0.3, 0.4) is 0 Å². The zero-order valence-corrected chi connectivity index (χ0v) is 16.0. The van der Waals surface area contributed by atoms with Gasteiger partial charge in [0.05, 0.1) is 11.6 Å². The van der Waals surface area contributed by atoms with Crippen LogP contribution in [-0.4, -0.2) is 27.0 Å². The molecule has 0 spiro atoms. The molecule has 1 aromatic heterocycles. The Kier molecular flexibility index (Phi) is 4.46. The highest BCUT2D eigenvalue weighted by molar-refractivity contribution is 5.91. The molecule has 3 aromatic rings. The largest absolute Gasteiger partial charge is 0.508 e. The van der Waals surface area contributed by atoms with Crippen molar-refractivity contribution in [2.75, 3.05) is 5.32 Å². The van der Waals surface area contributed by atoms with Gasteiger partial charge in [0, 0.05) is 22.3 Å². The van der Waals surface area contributed by atoms with Crippen molar-refractivity contribution in [3.05, 3.63) is 65.4 Å². The Morgan fingerprint density at radius 3 is 2.55 bits per heavy atom. The first kappa shape index (κ1) is 19.5. The van der Waals surface area contributed by atoms with Crippen molar-refractivity contribution in [1.29, 1.82) is 0 Å². The molecule has 7 heteroatoms. The Balaban J connectivity index is 1.90. The van der Waals surface area contributed by atoms with Gasteiger partial charge in [0.25, 0.3) is 0 Å². The van der Waals surface area contributed by atoms with E-state index in [-0.39, 0.29) is 11.3 Å². The lowest BCUT2D eigenvalue weighted by atomic mass is 9.70. The fourth-order valence-electron chi connectivity index (χ4n) is 4.32. The second kappa shape index (κ2) is 6.62. The number of aromatic nitrogens is 1. The van der Waals surface area contributed by atoms with E-state index in [1.807, 2.05) is 6.92 Å². The van der Waals surface area contributed by atoms with Crippen LogP contribution in [0, 0.1) is 6.92 Å². The Morgan fingerprint density at radius 1 is 1.10 bits per heavy atom. The minimum Gasteiger partial charge on any atom is -0.508 e. The molecule has 3 atom stereocenters. The second-order valence-corrected chi connectivity index (χ2v) is 7.71. The smallest absolute Gasteiger partial charge is 0.419 e. The van der Waals surface area contributed by atoms with Crippen LogP contribution in [0.15, 0.2) is 48.5 Å². The van der Waals surface area contributed by atoms with Gasteiger partial charge in [0.2, 0.25) is 0 Å². The molecule has 0 amide bonds. The van der Waals surface area contributed by atoms with Crippen LogP contribution in [0.25, 0.3) is 10.9 Å². The summed E-state index contributed by atoms with van der Waals surface area (Å²) >= 11 is 0. The third-order valence-corrected chi connectivity index (χ3v) is 5.68. The number of anilines is 1. The van der Waals surface area contributed by atoms with E-state index >= 15 is 0 Å². The third kappa shape index (κ3) is 3.09. The lowest BCUT2D eigenvalue weighted by Crippen LogP contribution is -2.55. The summed E-state index contributed by atoms with van der Waals surface area (Å²) in [5.74, 6) is -0.728. The van der Waals surface area contributed by atoms with Gasteiger partial charge in [0.1, 0.15) is 5.75 Å². The van der Waals surface area contributed by atoms with Crippen molar-refractivity contribution >= 4 is 16.6 Å². The minimum absolute atomic E-state index is 0.0683. The topological polar surface area (TPSA) is 65.4 Å². The molecule has 0 fully saturated rings. The van der Waals surface area contributed by atoms with E-state index < -0.39 is 30.2 Å². The van der Waals surface area contributed by atoms with Crippen molar-refractivity contribution in [3.63, 3.8) is 0 Å². The number of aromatic hydroxyl groups is 1. The number of hydrogen-bond donors (Lipinski definition) is 3. The molecule has 0 bridgehead atoms. The van der Waals surface area contributed by atoms with Gasteiger partial charge in [-0.25, -0.2) is 0 Å². The molecule has 3 N–H and O–H groups in total. The van der Waals surface area contributed by atoms with Gasteiger partial charge in [-0.3, -0.25) is 4.98 Å². The third-order valence-electron chi connectivity index (χ3n) is 5.68. The summed E-state index contributed by atoms with van der Waals surface area (Å²) < 4.78 is 42.1. The van der Waals surface area contributed by atoms with Gasteiger partial charge in [-0.2, -0.15) is 13.2 Å². The number of phenols is 1. The maximum atomic E-state index is 14.0. The first-order chi connectivity index (χ1) is 13.6. The molecule has 0 radical (unpaired) electrons. The maximum Gasteiger partial charge on any atom is 0.419 e. The highest BCUT2D eigenvalue weighted by Crippen LogP contribution is 2.54. The molecule has 1 aliphatic rings. The highest BCUT2D eigenvalue weighted by Gasteiger charge is 2.62. The van der Waals surface area contributed by atoms with E-state index in [4.69, 9.17) is 0 Å². The number of benzene rings is 2. The lowest BCUT2D eigenvalue weighted by molar-refractivity contribution is -0.272. The number of aryl methyl sites for hydroxylation is 1. The predicted octanol–water partition coefficient (Wildman–Crippen LogP) is 5.20. The standard InChI is InChI=1S/C22H21F3N2O2/c1-12-11-21(29,22(23,24)25)20(15-5-3-8-18(28)19(12)15)27-17-7-4-6-16-14(17)10-9-13(2)26-16/h3-10,12,20,27-29H,11H2,1-2H3/t12-,20+,21+/m1/s1. The molecule has 2 aromatic carbocycles. The molecular formula is C22H21F3N2O2. The van der Waals surface area contributed by atoms with Gasteiger partial charge < -0.3 is 15.5 Å². The van der Waals surface area contributed by atoms with Crippen LogP contribution >= 0.6 is 0 Å². The van der Waals surface area contributed by atoms with Crippen LogP contribution in [0.2, 0.25) is 0 Å². The number of alkyl halides is 3. The van der Waals surface area contributed by atoms with Crippen molar-refractivity contribution < 1.29 is 23.4 Å². The van der Waals surface area contributed by atoms with Crippen molar-refractivity contribution in [2.24, 2.45) is 0 Å². The van der Waals surface area contributed by atoms with Crippen LogP contribution in [0.1, 0.15) is 42.1 Å². The van der Waals surface area contributed by atoms with E-state index in [1.54, 1.807) is 37.3 Å². The van der Waals surface area contributed by atoms with Gasteiger partial charge in [-0.1, -0.05) is 25.1 Å². The predicted molar refractivity (Wildman–Crippen MR) is 105 cm³/mol. The SMILES string of the molecule is Cc1ccc2c(N[C@H]3c4cccc(O)c4[C@H](C)C[C@@]3(O)C(F)(F)F)cccc2n1. The number of phenolic OH excluding ortho intramolecular Hbond substituents is 1. The van der Waals surface area contributed by atoms with E-state index in [0.29, 0.717) is 22.2 Å². The summed E-state index contributed by atoms with van der Waals surface area (Å²) in [7, 11) is 0. The summed E-state index contributed by atoms with van der Waals surface area (Å²) in [6.07, 6.45) is -5.41. The summed E-state index contributed by atoms with van der Waals surface area (Å²) in [5, 5.41) is 24.7. The van der Waals surface area contributed by atoms with Crippen LogP contribution < -0.4 is 5.32 Å². The zero-order valence-electron chi connectivity index (χ0n) is 16.0. The average Bonchev–Trinajstić information content (AvgIpc) is 2.63. The quantitative estimate of drug-likeness (QED) is 0.551. The first-order valence-electron chi connectivity index (χ1n) is 9.35. The molecule has 1 aliphatic carbocycles. The fourth-order valence-corrected chi connectivity index (χ4v) is 4.32. The van der Waals surface area contributed by atoms with Crippen molar-refractivity contribution in [2.45, 2.75) is 44.0 Å². The minimum atomic E-state index is -4.86. The molecule has 1 heterocycles. The first-order valence-corrected chi connectivity index (χ1v) is 9.35. The van der Waals surface area contributed by atoms with Gasteiger partial charge in [0.15, 0.2) is 5.60 Å². The lowest BCUT2D eigenvalue weighted by Gasteiger charge is -2.45. The number of pyridine rings is 1. The summed E-state index contributed by atoms with van der Waals surface area (Å²) in [6, 6.07) is 11.7. The molecule has 152 valence electrons. The fraction of sp³-hybridized carbons (Fsp3) is 0.318. The molecule has 0 aliphatic heterocycles. The molecule has 0 saturated carbocycles. The molecule has 0 unspecified atom stereocenters. The Bertz CT molecular complexity index is 1080. The van der Waals surface area contributed by atoms with Crippen LogP contribution in [0.4, 0.5) is 18.9 Å². The van der Waals surface area contributed by atoms with E-state index in [9.17, 15) is 23.4 Å². The van der Waals surface area contributed by atoms with Crippen LogP contribution in [0.5, 0.6) is 5.75 Å². The van der Waals surface area contributed by atoms with E-state index in [0.717, 1.165) is 5.69 Å². The van der Waals surface area contributed by atoms with E-state index in [2.05, 4.69) is 10.3 Å². The Hall–Kier alpha value is -2.80. The number of halogens is 3. The highest BCUT2D eigenvalue weighted by atomic mass is 19.4.